The lowest BCUT2D eigenvalue weighted by atomic mass is 9.70. The Morgan fingerprint density at radius 1 is 1.10 bits per heavy atom. The number of nitrogens with zero attached hydrogens (tertiary/aromatic N) is 2. The SMILES string of the molecule is C=CCCC(=O)N[C@H](C)[C@@H](OC(=O)[C@@H]1[C@@H]2CC[C@]3(O2)[C@H](C(=O)N(CC=C)C(C)(C)C)N([C@@H](CO)Cc2ccccc2)C(=O)[C@@H]13)c1ccccc1. The van der Waals surface area contributed by atoms with Gasteiger partial charge in [-0.3, -0.25) is 19.2 Å². The first-order chi connectivity index (χ1) is 23.9. The number of ether oxygens (including phenoxy) is 2. The van der Waals surface area contributed by atoms with E-state index in [1.54, 1.807) is 24.0 Å². The Morgan fingerprint density at radius 2 is 1.76 bits per heavy atom. The zero-order valence-electron chi connectivity index (χ0n) is 29.6. The van der Waals surface area contributed by atoms with Crippen molar-refractivity contribution < 1.29 is 33.8 Å². The number of esters is 1. The summed E-state index contributed by atoms with van der Waals surface area (Å²) in [6.07, 6.45) is 3.78. The van der Waals surface area contributed by atoms with Gasteiger partial charge in [-0.2, -0.15) is 0 Å². The number of fused-ring (bicyclic) bond motifs is 1. The van der Waals surface area contributed by atoms with Crippen molar-refractivity contribution in [2.75, 3.05) is 13.2 Å². The lowest BCUT2D eigenvalue weighted by Crippen LogP contribution is -2.61. The highest BCUT2D eigenvalue weighted by Gasteiger charge is 2.76. The zero-order chi connectivity index (χ0) is 36.2. The summed E-state index contributed by atoms with van der Waals surface area (Å²) in [5, 5.41) is 13.8. The van der Waals surface area contributed by atoms with Crippen molar-refractivity contribution in [1.29, 1.82) is 0 Å². The van der Waals surface area contributed by atoms with Gasteiger partial charge in [0.25, 0.3) is 0 Å². The van der Waals surface area contributed by atoms with Crippen molar-refractivity contribution >= 4 is 23.7 Å². The summed E-state index contributed by atoms with van der Waals surface area (Å²) >= 11 is 0. The van der Waals surface area contributed by atoms with Crippen molar-refractivity contribution in [2.24, 2.45) is 11.8 Å². The smallest absolute Gasteiger partial charge is 0.313 e. The molecule has 3 fully saturated rings. The molecule has 5 rings (SSSR count). The molecule has 0 radical (unpaired) electrons. The molecule has 8 atom stereocenters. The lowest BCUT2D eigenvalue weighted by molar-refractivity contribution is -0.163. The molecule has 0 saturated carbocycles. The van der Waals surface area contributed by atoms with Crippen LogP contribution < -0.4 is 5.32 Å². The maximum absolute atomic E-state index is 14.8. The number of allylic oxidation sites excluding steroid dienone is 1. The summed E-state index contributed by atoms with van der Waals surface area (Å²) in [6.45, 7) is 15.0. The fourth-order valence-electron chi connectivity index (χ4n) is 8.08. The molecule has 3 saturated heterocycles. The largest absolute Gasteiger partial charge is 0.455 e. The molecule has 1 spiro atoms. The van der Waals surface area contributed by atoms with Crippen LogP contribution in [0.15, 0.2) is 86.0 Å². The number of benzene rings is 2. The van der Waals surface area contributed by atoms with E-state index in [-0.39, 0.29) is 31.4 Å². The second-order valence-corrected chi connectivity index (χ2v) is 14.7. The van der Waals surface area contributed by atoms with E-state index < -0.39 is 65.2 Å². The minimum Gasteiger partial charge on any atom is -0.455 e. The second-order valence-electron chi connectivity index (χ2n) is 14.7. The Balaban J connectivity index is 1.52. The van der Waals surface area contributed by atoms with Crippen LogP contribution in [-0.4, -0.2) is 87.1 Å². The summed E-state index contributed by atoms with van der Waals surface area (Å²) in [5.41, 5.74) is -0.316. The van der Waals surface area contributed by atoms with E-state index in [1.807, 2.05) is 81.4 Å². The Bertz CT molecular complexity index is 1560. The molecule has 10 nitrogen and oxygen atoms in total. The average Bonchev–Trinajstić information content (AvgIpc) is 3.74. The van der Waals surface area contributed by atoms with E-state index in [0.29, 0.717) is 31.2 Å². The third-order valence-corrected chi connectivity index (χ3v) is 10.3. The number of nitrogens with one attached hydrogen (secondary N) is 1. The number of amides is 3. The van der Waals surface area contributed by atoms with E-state index in [2.05, 4.69) is 18.5 Å². The van der Waals surface area contributed by atoms with Gasteiger partial charge in [-0.1, -0.05) is 72.8 Å². The van der Waals surface area contributed by atoms with Gasteiger partial charge in [0.15, 0.2) is 0 Å². The summed E-state index contributed by atoms with van der Waals surface area (Å²) in [7, 11) is 0. The molecule has 3 heterocycles. The molecule has 2 N–H and O–H groups in total. The standard InChI is InChI=1S/C40H51N3O7/c1-7-9-20-31(45)41-26(3)34(28-18-14-11-15-19-28)49-38(48)32-30-21-22-40(50-30)33(32)36(46)43(29(25-44)24-27-16-12-10-13-17-27)35(40)37(47)42(23-8-2)39(4,5)6/h7-8,10-19,26,29-30,32-35,44H,1-2,9,20-25H2,3-6H3,(H,41,45)/t26-,29-,30+,32-,33-,34-,35+,40-/m1/s1. The number of hydrogen-bond acceptors (Lipinski definition) is 7. The Labute approximate surface area is 295 Å². The molecule has 3 aliphatic heterocycles. The molecule has 50 heavy (non-hydrogen) atoms. The highest BCUT2D eigenvalue weighted by molar-refractivity contribution is 5.98. The van der Waals surface area contributed by atoms with Crippen molar-refractivity contribution in [3.05, 3.63) is 97.1 Å². The molecule has 0 unspecified atom stereocenters. The second kappa shape index (κ2) is 15.3. The molecule has 0 aromatic heterocycles. The molecule has 2 bridgehead atoms. The minimum atomic E-state index is -1.29. The molecular weight excluding hydrogens is 634 g/mol. The van der Waals surface area contributed by atoms with Gasteiger partial charge in [0.05, 0.1) is 36.6 Å². The summed E-state index contributed by atoms with van der Waals surface area (Å²) in [5.74, 6) is -3.51. The van der Waals surface area contributed by atoms with Crippen molar-refractivity contribution in [2.45, 2.75) is 101 Å². The quantitative estimate of drug-likeness (QED) is 0.209. The van der Waals surface area contributed by atoms with E-state index in [9.17, 15) is 24.3 Å². The van der Waals surface area contributed by atoms with E-state index in [1.165, 1.54) is 4.90 Å². The summed E-state index contributed by atoms with van der Waals surface area (Å²) in [6, 6.07) is 16.3. The highest BCUT2D eigenvalue weighted by atomic mass is 16.6. The molecule has 0 aliphatic carbocycles. The van der Waals surface area contributed by atoms with Crippen molar-refractivity contribution in [3.8, 4) is 0 Å². The fraction of sp³-hybridized carbons (Fsp3) is 0.500. The topological polar surface area (TPSA) is 125 Å². The number of aliphatic hydroxyl groups is 1. The van der Waals surface area contributed by atoms with Crippen LogP contribution in [0.4, 0.5) is 0 Å². The number of aliphatic hydroxyl groups excluding tert-OH is 1. The number of carbonyl (C=O) groups excluding carboxylic acids is 4. The third kappa shape index (κ3) is 7.14. The molecule has 2 aromatic rings. The molecule has 10 heteroatoms. The molecule has 3 amide bonds. The van der Waals surface area contributed by atoms with Gasteiger partial charge in [0.2, 0.25) is 17.7 Å². The fourth-order valence-corrected chi connectivity index (χ4v) is 8.08. The normalized spacial score (nSPS) is 25.7. The predicted octanol–water partition coefficient (Wildman–Crippen LogP) is 4.53. The third-order valence-electron chi connectivity index (χ3n) is 10.3. The Hall–Kier alpha value is -4.28. The first kappa shape index (κ1) is 37.0. The monoisotopic (exact) mass is 685 g/mol. The molecule has 3 aliphatic rings. The van der Waals surface area contributed by atoms with Crippen LogP contribution >= 0.6 is 0 Å². The minimum absolute atomic E-state index is 0.198. The Morgan fingerprint density at radius 3 is 2.36 bits per heavy atom. The maximum Gasteiger partial charge on any atom is 0.313 e. The van der Waals surface area contributed by atoms with Gasteiger partial charge in [0.1, 0.15) is 17.7 Å². The van der Waals surface area contributed by atoms with Gasteiger partial charge in [-0.15, -0.1) is 13.2 Å². The lowest BCUT2D eigenvalue weighted by Gasteiger charge is -2.43. The molecule has 268 valence electrons. The number of hydrogen-bond donors (Lipinski definition) is 2. The van der Waals surface area contributed by atoms with Crippen LogP contribution in [0, 0.1) is 11.8 Å². The van der Waals surface area contributed by atoms with Crippen LogP contribution in [0.2, 0.25) is 0 Å². The van der Waals surface area contributed by atoms with Crippen molar-refractivity contribution in [3.63, 3.8) is 0 Å². The van der Waals surface area contributed by atoms with E-state index in [4.69, 9.17) is 9.47 Å². The summed E-state index contributed by atoms with van der Waals surface area (Å²) < 4.78 is 13.0. The average molecular weight is 686 g/mol. The first-order valence-electron chi connectivity index (χ1n) is 17.6. The van der Waals surface area contributed by atoms with Crippen LogP contribution in [0.1, 0.15) is 70.6 Å². The maximum atomic E-state index is 14.8. The van der Waals surface area contributed by atoms with Gasteiger partial charge >= 0.3 is 5.97 Å². The number of carbonyl (C=O) groups is 4. The van der Waals surface area contributed by atoms with Gasteiger partial charge in [-0.05, 0) is 64.5 Å². The van der Waals surface area contributed by atoms with Crippen LogP contribution in [0.3, 0.4) is 0 Å². The van der Waals surface area contributed by atoms with E-state index >= 15 is 0 Å². The first-order valence-corrected chi connectivity index (χ1v) is 17.6. The summed E-state index contributed by atoms with van der Waals surface area (Å²) in [4.78, 5) is 59.9. The number of likely N-dealkylation sites (tertiary alicyclic amines) is 1. The number of rotatable bonds is 15. The van der Waals surface area contributed by atoms with Gasteiger partial charge in [0, 0.05) is 18.5 Å². The van der Waals surface area contributed by atoms with Crippen molar-refractivity contribution in [1.82, 2.24) is 15.1 Å². The molecular formula is C40H51N3O7. The van der Waals surface area contributed by atoms with E-state index in [0.717, 1.165) is 5.56 Å². The van der Waals surface area contributed by atoms with Crippen LogP contribution in [0.25, 0.3) is 0 Å². The predicted molar refractivity (Wildman–Crippen MR) is 189 cm³/mol. The van der Waals surface area contributed by atoms with Crippen LogP contribution in [0.5, 0.6) is 0 Å². The Kier molecular flexibility index (Phi) is 11.3. The van der Waals surface area contributed by atoms with Crippen LogP contribution in [-0.2, 0) is 35.1 Å². The molecule has 2 aromatic carbocycles. The highest BCUT2D eigenvalue weighted by Crippen LogP contribution is 2.59. The van der Waals surface area contributed by atoms with Gasteiger partial charge < -0.3 is 29.7 Å². The van der Waals surface area contributed by atoms with Gasteiger partial charge in [-0.25, -0.2) is 0 Å². The zero-order valence-corrected chi connectivity index (χ0v) is 29.6.